The molecule has 31 heavy (non-hydrogen) atoms. The molecule has 0 saturated heterocycles. The molecule has 2 aliphatic heterocycles. The summed E-state index contributed by atoms with van der Waals surface area (Å²) in [5.41, 5.74) is 3.47. The number of ether oxygens (including phenoxy) is 2. The lowest BCUT2D eigenvalue weighted by Gasteiger charge is -2.31. The average molecular weight is 418 g/mol. The van der Waals surface area contributed by atoms with Crippen LogP contribution in [0.15, 0.2) is 60.7 Å². The third-order valence-corrected chi connectivity index (χ3v) is 5.47. The minimum atomic E-state index is -0.577. The third kappa shape index (κ3) is 3.48. The second-order valence-electron chi connectivity index (χ2n) is 7.59. The summed E-state index contributed by atoms with van der Waals surface area (Å²) in [6, 6.07) is 16.0. The van der Waals surface area contributed by atoms with Crippen LogP contribution in [-0.4, -0.2) is 30.1 Å². The van der Waals surface area contributed by atoms with Gasteiger partial charge in [0.15, 0.2) is 11.5 Å². The van der Waals surface area contributed by atoms with Crippen LogP contribution in [0.4, 0.5) is 10.1 Å². The molecule has 0 spiro atoms. The molecule has 5 rings (SSSR count). The number of carbonyl (C=O) groups excluding carboxylic acids is 2. The molecule has 6 nitrogen and oxygen atoms in total. The molecule has 2 amide bonds. The first-order valence-electron chi connectivity index (χ1n) is 9.86. The number of aryl methyl sites for hydroxylation is 1. The van der Waals surface area contributed by atoms with Gasteiger partial charge < -0.3 is 19.7 Å². The molecule has 2 aliphatic rings. The average Bonchev–Trinajstić information content (AvgIpc) is 3.18. The van der Waals surface area contributed by atoms with Crippen LogP contribution in [0.25, 0.3) is 0 Å². The van der Waals surface area contributed by atoms with E-state index in [1.165, 1.54) is 17.0 Å². The normalized spacial score (nSPS) is 17.0. The van der Waals surface area contributed by atoms with Gasteiger partial charge in [0.05, 0.1) is 6.04 Å². The van der Waals surface area contributed by atoms with Crippen molar-refractivity contribution in [1.82, 2.24) is 4.90 Å². The maximum absolute atomic E-state index is 13.6. The Bertz CT molecular complexity index is 1190. The maximum atomic E-state index is 13.6. The standard InChI is InChI=1S/C24H19FN2O4/c1-14-2-8-19-18(10-14)23(15-3-6-17(25)7-4-15)27(12-22(28)26-19)24(29)16-5-9-20-21(11-16)31-13-30-20/h2-11,23H,12-13H2,1H3,(H,26,28)/t23-/m0/s1. The van der Waals surface area contributed by atoms with E-state index in [1.807, 2.05) is 25.1 Å². The maximum Gasteiger partial charge on any atom is 0.255 e. The van der Waals surface area contributed by atoms with Crippen molar-refractivity contribution in [2.24, 2.45) is 0 Å². The fourth-order valence-electron chi connectivity index (χ4n) is 4.01. The van der Waals surface area contributed by atoms with Crippen LogP contribution < -0.4 is 14.8 Å². The first-order valence-corrected chi connectivity index (χ1v) is 9.86. The minimum Gasteiger partial charge on any atom is -0.454 e. The van der Waals surface area contributed by atoms with Crippen LogP contribution >= 0.6 is 0 Å². The van der Waals surface area contributed by atoms with E-state index < -0.39 is 6.04 Å². The Balaban J connectivity index is 1.65. The SMILES string of the molecule is Cc1ccc2c(c1)[C@H](c1ccc(F)cc1)N(C(=O)c1ccc3c(c1)OCO3)CC(=O)N2. The van der Waals surface area contributed by atoms with Gasteiger partial charge in [-0.3, -0.25) is 9.59 Å². The van der Waals surface area contributed by atoms with Crippen LogP contribution in [-0.2, 0) is 4.79 Å². The third-order valence-electron chi connectivity index (χ3n) is 5.47. The summed E-state index contributed by atoms with van der Waals surface area (Å²) >= 11 is 0. The van der Waals surface area contributed by atoms with Crippen LogP contribution in [0.2, 0.25) is 0 Å². The summed E-state index contributed by atoms with van der Waals surface area (Å²) < 4.78 is 24.4. The van der Waals surface area contributed by atoms with E-state index in [1.54, 1.807) is 30.3 Å². The van der Waals surface area contributed by atoms with Crippen LogP contribution in [0.1, 0.15) is 33.1 Å². The summed E-state index contributed by atoms with van der Waals surface area (Å²) in [5.74, 6) is 0.0477. The number of nitrogens with zero attached hydrogens (tertiary/aromatic N) is 1. The van der Waals surface area contributed by atoms with Crippen molar-refractivity contribution in [2.45, 2.75) is 13.0 Å². The van der Waals surface area contributed by atoms with E-state index in [0.717, 1.165) is 11.1 Å². The Hall–Kier alpha value is -3.87. The molecular weight excluding hydrogens is 399 g/mol. The summed E-state index contributed by atoms with van der Waals surface area (Å²) in [6.07, 6.45) is 0. The topological polar surface area (TPSA) is 67.9 Å². The molecule has 0 bridgehead atoms. The molecule has 3 aromatic rings. The molecule has 156 valence electrons. The number of fused-ring (bicyclic) bond motifs is 2. The van der Waals surface area contributed by atoms with E-state index in [9.17, 15) is 14.0 Å². The van der Waals surface area contributed by atoms with E-state index >= 15 is 0 Å². The molecule has 1 atom stereocenters. The van der Waals surface area contributed by atoms with Gasteiger partial charge in [0.1, 0.15) is 12.4 Å². The van der Waals surface area contributed by atoms with Gasteiger partial charge in [0.2, 0.25) is 12.7 Å². The van der Waals surface area contributed by atoms with Crippen molar-refractivity contribution in [3.63, 3.8) is 0 Å². The molecule has 0 radical (unpaired) electrons. The van der Waals surface area contributed by atoms with E-state index in [-0.39, 0.29) is 31.0 Å². The smallest absolute Gasteiger partial charge is 0.255 e. The lowest BCUT2D eigenvalue weighted by Crippen LogP contribution is -2.39. The van der Waals surface area contributed by atoms with Crippen molar-refractivity contribution in [2.75, 3.05) is 18.7 Å². The number of halogens is 1. The first-order chi connectivity index (χ1) is 15.0. The number of hydrogen-bond acceptors (Lipinski definition) is 4. The molecule has 0 aromatic heterocycles. The highest BCUT2D eigenvalue weighted by molar-refractivity contribution is 6.01. The van der Waals surface area contributed by atoms with Gasteiger partial charge in [0, 0.05) is 16.8 Å². The fraction of sp³-hybridized carbons (Fsp3) is 0.167. The molecule has 0 aliphatic carbocycles. The second kappa shape index (κ2) is 7.43. The highest BCUT2D eigenvalue weighted by Gasteiger charge is 2.34. The highest BCUT2D eigenvalue weighted by Crippen LogP contribution is 2.38. The van der Waals surface area contributed by atoms with Crippen LogP contribution in [0.3, 0.4) is 0 Å². The predicted octanol–water partition coefficient (Wildman–Crippen LogP) is 4.05. The Morgan fingerprint density at radius 2 is 1.81 bits per heavy atom. The Kier molecular flexibility index (Phi) is 4.58. The van der Waals surface area contributed by atoms with E-state index in [2.05, 4.69) is 5.32 Å². The quantitative estimate of drug-likeness (QED) is 0.682. The number of rotatable bonds is 2. The zero-order valence-electron chi connectivity index (χ0n) is 16.7. The molecule has 1 N–H and O–H groups in total. The van der Waals surface area contributed by atoms with Gasteiger partial charge in [-0.15, -0.1) is 0 Å². The monoisotopic (exact) mass is 418 g/mol. The summed E-state index contributed by atoms with van der Waals surface area (Å²) in [4.78, 5) is 27.8. The number of benzene rings is 3. The number of amides is 2. The zero-order valence-corrected chi connectivity index (χ0v) is 16.7. The Labute approximate surface area is 178 Å². The number of nitrogens with one attached hydrogen (secondary N) is 1. The van der Waals surface area contributed by atoms with Crippen LogP contribution in [0.5, 0.6) is 11.5 Å². The molecule has 0 fully saturated rings. The molecule has 7 heteroatoms. The molecule has 0 saturated carbocycles. The molecule has 3 aromatic carbocycles. The molecular formula is C24H19FN2O4. The Morgan fingerprint density at radius 1 is 1.03 bits per heavy atom. The van der Waals surface area contributed by atoms with Gasteiger partial charge in [-0.1, -0.05) is 29.8 Å². The number of anilines is 1. The molecule has 2 heterocycles. The van der Waals surface area contributed by atoms with Crippen molar-refractivity contribution in [1.29, 1.82) is 0 Å². The van der Waals surface area contributed by atoms with Crippen molar-refractivity contribution < 1.29 is 23.5 Å². The number of hydrogen-bond donors (Lipinski definition) is 1. The van der Waals surface area contributed by atoms with Gasteiger partial charge in [-0.2, -0.15) is 0 Å². The number of carbonyl (C=O) groups is 2. The van der Waals surface area contributed by atoms with Gasteiger partial charge >= 0.3 is 0 Å². The zero-order chi connectivity index (χ0) is 21.5. The van der Waals surface area contributed by atoms with Crippen molar-refractivity contribution >= 4 is 17.5 Å². The second-order valence-corrected chi connectivity index (χ2v) is 7.59. The Morgan fingerprint density at radius 3 is 2.61 bits per heavy atom. The lowest BCUT2D eigenvalue weighted by molar-refractivity contribution is -0.117. The van der Waals surface area contributed by atoms with Gasteiger partial charge in [-0.25, -0.2) is 4.39 Å². The predicted molar refractivity (Wildman–Crippen MR) is 112 cm³/mol. The highest BCUT2D eigenvalue weighted by atomic mass is 19.1. The summed E-state index contributed by atoms with van der Waals surface area (Å²) in [5, 5.41) is 2.89. The fourth-order valence-corrected chi connectivity index (χ4v) is 4.01. The molecule has 0 unspecified atom stereocenters. The van der Waals surface area contributed by atoms with Crippen molar-refractivity contribution in [3.05, 3.63) is 88.7 Å². The van der Waals surface area contributed by atoms with Crippen LogP contribution in [0, 0.1) is 12.7 Å². The first kappa shape index (κ1) is 19.1. The lowest BCUT2D eigenvalue weighted by atomic mass is 9.94. The summed E-state index contributed by atoms with van der Waals surface area (Å²) in [7, 11) is 0. The van der Waals surface area contributed by atoms with Gasteiger partial charge in [0.25, 0.3) is 5.91 Å². The van der Waals surface area contributed by atoms with E-state index in [4.69, 9.17) is 9.47 Å². The minimum absolute atomic E-state index is 0.101. The van der Waals surface area contributed by atoms with Gasteiger partial charge in [-0.05, 0) is 48.9 Å². The van der Waals surface area contributed by atoms with E-state index in [0.29, 0.717) is 28.3 Å². The van der Waals surface area contributed by atoms with Crippen molar-refractivity contribution in [3.8, 4) is 11.5 Å². The summed E-state index contributed by atoms with van der Waals surface area (Å²) in [6.45, 7) is 1.89. The largest absolute Gasteiger partial charge is 0.454 e.